The Labute approximate surface area is 120 Å². The maximum absolute atomic E-state index is 6.08. The van der Waals surface area contributed by atoms with Gasteiger partial charge in [-0.1, -0.05) is 43.1 Å². The molecule has 0 heterocycles. The summed E-state index contributed by atoms with van der Waals surface area (Å²) in [6.07, 6.45) is 1.01. The van der Waals surface area contributed by atoms with Gasteiger partial charge in [0.1, 0.15) is 0 Å². The number of ether oxygens (including phenoxy) is 1. The third-order valence-corrected chi connectivity index (χ3v) is 3.01. The summed E-state index contributed by atoms with van der Waals surface area (Å²) < 4.78 is 5.50. The second-order valence-corrected chi connectivity index (χ2v) is 5.58. The number of hydrogen-bond acceptors (Lipinski definition) is 2. The van der Waals surface area contributed by atoms with Crippen LogP contribution in [-0.4, -0.2) is 19.8 Å². The van der Waals surface area contributed by atoms with Crippen molar-refractivity contribution in [2.24, 2.45) is 5.92 Å². The lowest BCUT2D eigenvalue weighted by Crippen LogP contribution is -2.17. The van der Waals surface area contributed by atoms with E-state index < -0.39 is 0 Å². The molecule has 0 aliphatic heterocycles. The zero-order valence-electron chi connectivity index (χ0n) is 11.0. The molecule has 0 saturated heterocycles. The quantitative estimate of drug-likeness (QED) is 0.726. The third kappa shape index (κ3) is 6.60. The first-order valence-electron chi connectivity index (χ1n) is 6.32. The van der Waals surface area contributed by atoms with Gasteiger partial charge in [0.25, 0.3) is 0 Å². The lowest BCUT2D eigenvalue weighted by Gasteiger charge is -2.08. The van der Waals surface area contributed by atoms with Crippen molar-refractivity contribution in [3.05, 3.63) is 33.8 Å². The average molecular weight is 290 g/mol. The predicted molar refractivity (Wildman–Crippen MR) is 78.4 cm³/mol. The SMILES string of the molecule is CC(C)COCCCNCc1ccc(Cl)cc1Cl. The summed E-state index contributed by atoms with van der Waals surface area (Å²) in [6.45, 7) is 7.64. The minimum absolute atomic E-state index is 0.603. The molecule has 4 heteroatoms. The molecule has 18 heavy (non-hydrogen) atoms. The Kier molecular flexibility index (Phi) is 7.68. The summed E-state index contributed by atoms with van der Waals surface area (Å²) >= 11 is 11.9. The number of nitrogens with one attached hydrogen (secondary N) is 1. The molecule has 1 aromatic rings. The topological polar surface area (TPSA) is 21.3 Å². The second kappa shape index (κ2) is 8.76. The molecule has 0 aromatic heterocycles. The molecule has 0 aliphatic carbocycles. The van der Waals surface area contributed by atoms with Gasteiger partial charge in [-0.25, -0.2) is 0 Å². The molecule has 0 saturated carbocycles. The normalized spacial score (nSPS) is 11.2. The molecule has 2 nitrogen and oxygen atoms in total. The van der Waals surface area contributed by atoms with E-state index in [-0.39, 0.29) is 0 Å². The van der Waals surface area contributed by atoms with Gasteiger partial charge in [0.05, 0.1) is 0 Å². The Morgan fingerprint density at radius 1 is 1.28 bits per heavy atom. The fourth-order valence-corrected chi connectivity index (χ4v) is 1.98. The van der Waals surface area contributed by atoms with Crippen LogP contribution >= 0.6 is 23.2 Å². The zero-order valence-corrected chi connectivity index (χ0v) is 12.5. The minimum atomic E-state index is 0.603. The molecular formula is C14H21Cl2NO. The smallest absolute Gasteiger partial charge is 0.0489 e. The minimum Gasteiger partial charge on any atom is -0.381 e. The van der Waals surface area contributed by atoms with Crippen molar-refractivity contribution >= 4 is 23.2 Å². The van der Waals surface area contributed by atoms with E-state index in [1.165, 1.54) is 0 Å². The first-order chi connectivity index (χ1) is 8.59. The van der Waals surface area contributed by atoms with E-state index in [0.29, 0.717) is 16.0 Å². The summed E-state index contributed by atoms with van der Waals surface area (Å²) in [6, 6.07) is 5.58. The maximum atomic E-state index is 6.08. The van der Waals surface area contributed by atoms with Crippen LogP contribution in [0.5, 0.6) is 0 Å². The van der Waals surface area contributed by atoms with Crippen LogP contribution in [0.1, 0.15) is 25.8 Å². The molecule has 0 fully saturated rings. The monoisotopic (exact) mass is 289 g/mol. The Morgan fingerprint density at radius 2 is 2.06 bits per heavy atom. The van der Waals surface area contributed by atoms with Gasteiger partial charge in [0.2, 0.25) is 0 Å². The van der Waals surface area contributed by atoms with Crippen LogP contribution in [-0.2, 0) is 11.3 Å². The van der Waals surface area contributed by atoms with Gasteiger partial charge in [-0.15, -0.1) is 0 Å². The highest BCUT2D eigenvalue weighted by Gasteiger charge is 2.00. The summed E-state index contributed by atoms with van der Waals surface area (Å²) in [7, 11) is 0. The predicted octanol–water partition coefficient (Wildman–Crippen LogP) is 4.15. The number of halogens is 2. The fraction of sp³-hybridized carbons (Fsp3) is 0.571. The van der Waals surface area contributed by atoms with Crippen molar-refractivity contribution in [3.63, 3.8) is 0 Å². The lowest BCUT2D eigenvalue weighted by molar-refractivity contribution is 0.108. The molecule has 102 valence electrons. The second-order valence-electron chi connectivity index (χ2n) is 4.73. The van der Waals surface area contributed by atoms with Gasteiger partial charge in [-0.05, 0) is 36.6 Å². The van der Waals surface area contributed by atoms with E-state index in [1.54, 1.807) is 6.07 Å². The fourth-order valence-electron chi connectivity index (χ4n) is 1.51. The summed E-state index contributed by atoms with van der Waals surface area (Å²) in [5.41, 5.74) is 1.07. The summed E-state index contributed by atoms with van der Waals surface area (Å²) in [5, 5.41) is 4.73. The Morgan fingerprint density at radius 3 is 2.72 bits per heavy atom. The number of rotatable bonds is 8. The van der Waals surface area contributed by atoms with Gasteiger partial charge >= 0.3 is 0 Å². The van der Waals surface area contributed by atoms with E-state index >= 15 is 0 Å². The Balaban J connectivity index is 2.11. The van der Waals surface area contributed by atoms with Crippen molar-refractivity contribution in [3.8, 4) is 0 Å². The maximum Gasteiger partial charge on any atom is 0.0489 e. The van der Waals surface area contributed by atoms with Crippen LogP contribution in [0.2, 0.25) is 10.0 Å². The lowest BCUT2D eigenvalue weighted by atomic mass is 10.2. The van der Waals surface area contributed by atoms with Crippen LogP contribution in [0, 0.1) is 5.92 Å². The largest absolute Gasteiger partial charge is 0.381 e. The summed E-state index contributed by atoms with van der Waals surface area (Å²) in [4.78, 5) is 0. The Hall–Kier alpha value is -0.280. The first kappa shape index (κ1) is 15.8. The van der Waals surface area contributed by atoms with E-state index in [4.69, 9.17) is 27.9 Å². The zero-order chi connectivity index (χ0) is 13.4. The van der Waals surface area contributed by atoms with Crippen LogP contribution < -0.4 is 5.32 Å². The Bertz CT molecular complexity index is 356. The van der Waals surface area contributed by atoms with Gasteiger partial charge in [0.15, 0.2) is 0 Å². The molecule has 1 aromatic carbocycles. The molecule has 1 rings (SSSR count). The average Bonchev–Trinajstić information content (AvgIpc) is 2.30. The molecule has 1 N–H and O–H groups in total. The molecule has 0 spiro atoms. The van der Waals surface area contributed by atoms with Gasteiger partial charge in [0, 0.05) is 29.8 Å². The van der Waals surface area contributed by atoms with Crippen molar-refractivity contribution in [2.75, 3.05) is 19.8 Å². The van der Waals surface area contributed by atoms with Crippen molar-refractivity contribution in [2.45, 2.75) is 26.8 Å². The van der Waals surface area contributed by atoms with Crippen LogP contribution in [0.15, 0.2) is 18.2 Å². The highest BCUT2D eigenvalue weighted by molar-refractivity contribution is 6.35. The molecule has 0 unspecified atom stereocenters. The van der Waals surface area contributed by atoms with Gasteiger partial charge in [-0.3, -0.25) is 0 Å². The number of benzene rings is 1. The molecule has 0 radical (unpaired) electrons. The van der Waals surface area contributed by atoms with Crippen molar-refractivity contribution in [1.82, 2.24) is 5.32 Å². The molecule has 0 aliphatic rings. The third-order valence-electron chi connectivity index (χ3n) is 2.42. The summed E-state index contributed by atoms with van der Waals surface area (Å²) in [5.74, 6) is 0.603. The van der Waals surface area contributed by atoms with Crippen molar-refractivity contribution in [1.29, 1.82) is 0 Å². The molecule has 0 atom stereocenters. The first-order valence-corrected chi connectivity index (χ1v) is 7.07. The van der Waals surface area contributed by atoms with Crippen LogP contribution in [0.25, 0.3) is 0 Å². The number of hydrogen-bond donors (Lipinski definition) is 1. The standard InChI is InChI=1S/C14H21Cl2NO/c1-11(2)10-18-7-3-6-17-9-12-4-5-13(15)8-14(12)16/h4-5,8,11,17H,3,6-7,9-10H2,1-2H3. The van der Waals surface area contributed by atoms with Crippen LogP contribution in [0.3, 0.4) is 0 Å². The van der Waals surface area contributed by atoms with Crippen molar-refractivity contribution < 1.29 is 4.74 Å². The van der Waals surface area contributed by atoms with E-state index in [1.807, 2.05) is 12.1 Å². The highest BCUT2D eigenvalue weighted by atomic mass is 35.5. The highest BCUT2D eigenvalue weighted by Crippen LogP contribution is 2.20. The van der Waals surface area contributed by atoms with Gasteiger partial charge in [-0.2, -0.15) is 0 Å². The molecule has 0 bridgehead atoms. The van der Waals surface area contributed by atoms with E-state index in [0.717, 1.165) is 38.3 Å². The van der Waals surface area contributed by atoms with Crippen LogP contribution in [0.4, 0.5) is 0 Å². The van der Waals surface area contributed by atoms with E-state index in [2.05, 4.69) is 19.2 Å². The molecular weight excluding hydrogens is 269 g/mol. The van der Waals surface area contributed by atoms with Gasteiger partial charge < -0.3 is 10.1 Å². The van der Waals surface area contributed by atoms with E-state index in [9.17, 15) is 0 Å². The molecule has 0 amide bonds.